The molecule has 0 bridgehead atoms. The lowest BCUT2D eigenvalue weighted by Crippen LogP contribution is -2.54. The molecule has 0 heterocycles. The number of hydrogen-bond acceptors (Lipinski definition) is 4. The molecule has 11 heteroatoms. The van der Waals surface area contributed by atoms with Gasteiger partial charge in [-0.15, -0.1) is 0 Å². The quantitative estimate of drug-likeness (QED) is 0.254. The Kier molecular flexibility index (Phi) is 11.5. The number of rotatable bonds is 12. The van der Waals surface area contributed by atoms with Crippen LogP contribution in [0.4, 0.5) is 5.69 Å². The number of anilines is 1. The fraction of sp³-hybridized carbons (Fsp3) is 0.310. The number of sulfonamides is 1. The lowest BCUT2D eigenvalue weighted by atomic mass is 10.0. The third-order valence-electron chi connectivity index (χ3n) is 6.44. The SMILES string of the molecule is CC[C@H](C)NC(=O)[C@H](Cc1ccccc1)N(Cc1c(Cl)cccc1Cl)C(=O)CN(c1cccc(Br)c1)S(C)(=O)=O. The highest BCUT2D eigenvalue weighted by Gasteiger charge is 2.34. The average Bonchev–Trinajstić information content (AvgIpc) is 2.90. The van der Waals surface area contributed by atoms with E-state index in [1.54, 1.807) is 42.5 Å². The summed E-state index contributed by atoms with van der Waals surface area (Å²) in [5, 5.41) is 3.65. The van der Waals surface area contributed by atoms with Gasteiger partial charge in [0.25, 0.3) is 0 Å². The minimum Gasteiger partial charge on any atom is -0.352 e. The van der Waals surface area contributed by atoms with Crippen LogP contribution in [0.25, 0.3) is 0 Å². The number of benzene rings is 3. The molecule has 0 aliphatic carbocycles. The maximum absolute atomic E-state index is 14.1. The predicted molar refractivity (Wildman–Crippen MR) is 165 cm³/mol. The van der Waals surface area contributed by atoms with Crippen LogP contribution in [0, 0.1) is 0 Å². The fourth-order valence-corrected chi connectivity index (χ4v) is 5.84. The molecule has 0 radical (unpaired) electrons. The Morgan fingerprint density at radius 1 is 0.975 bits per heavy atom. The number of carbonyl (C=O) groups excluding carboxylic acids is 2. The summed E-state index contributed by atoms with van der Waals surface area (Å²) in [5.41, 5.74) is 1.60. The summed E-state index contributed by atoms with van der Waals surface area (Å²) in [6.07, 6.45) is 1.93. The largest absolute Gasteiger partial charge is 0.352 e. The van der Waals surface area contributed by atoms with E-state index in [2.05, 4.69) is 21.2 Å². The molecule has 7 nitrogen and oxygen atoms in total. The molecule has 2 atom stereocenters. The van der Waals surface area contributed by atoms with Crippen molar-refractivity contribution in [3.05, 3.63) is 98.4 Å². The zero-order valence-electron chi connectivity index (χ0n) is 22.5. The first-order valence-electron chi connectivity index (χ1n) is 12.7. The Bertz CT molecular complexity index is 1420. The fourth-order valence-electron chi connectivity index (χ4n) is 4.09. The van der Waals surface area contributed by atoms with Gasteiger partial charge in [0.2, 0.25) is 21.8 Å². The van der Waals surface area contributed by atoms with Crippen molar-refractivity contribution in [2.24, 2.45) is 0 Å². The molecule has 3 aromatic rings. The van der Waals surface area contributed by atoms with Gasteiger partial charge in [0.05, 0.1) is 11.9 Å². The average molecular weight is 669 g/mol. The van der Waals surface area contributed by atoms with Crippen LogP contribution in [0.5, 0.6) is 0 Å². The second kappa shape index (κ2) is 14.3. The minimum atomic E-state index is -3.87. The molecular weight excluding hydrogens is 637 g/mol. The van der Waals surface area contributed by atoms with Crippen molar-refractivity contribution in [3.8, 4) is 0 Å². The van der Waals surface area contributed by atoms with Gasteiger partial charge in [-0.3, -0.25) is 13.9 Å². The predicted octanol–water partition coefficient (Wildman–Crippen LogP) is 6.08. The molecule has 0 aromatic heterocycles. The Labute approximate surface area is 254 Å². The number of nitrogens with one attached hydrogen (secondary N) is 1. The number of amides is 2. The van der Waals surface area contributed by atoms with Gasteiger partial charge in [0.1, 0.15) is 12.6 Å². The standard InChI is InChI=1S/C29H32BrCl2N3O4S/c1-4-20(2)33-29(37)27(16-21-10-6-5-7-11-21)34(18-24-25(31)14-9-15-26(24)32)28(36)19-35(40(3,38)39)23-13-8-12-22(30)17-23/h5-15,17,20,27H,4,16,18-19H2,1-3H3,(H,33,37)/t20-,27-/m0/s1. The summed E-state index contributed by atoms with van der Waals surface area (Å²) in [6, 6.07) is 19.9. The van der Waals surface area contributed by atoms with Crippen LogP contribution in [0.2, 0.25) is 10.0 Å². The van der Waals surface area contributed by atoms with Crippen molar-refractivity contribution in [1.82, 2.24) is 10.2 Å². The van der Waals surface area contributed by atoms with Gasteiger partial charge >= 0.3 is 0 Å². The smallest absolute Gasteiger partial charge is 0.244 e. The molecule has 40 heavy (non-hydrogen) atoms. The highest BCUT2D eigenvalue weighted by Crippen LogP contribution is 2.28. The summed E-state index contributed by atoms with van der Waals surface area (Å²) in [7, 11) is -3.87. The molecular formula is C29H32BrCl2N3O4S. The number of halogens is 3. The van der Waals surface area contributed by atoms with Crippen molar-refractivity contribution in [2.75, 3.05) is 17.1 Å². The van der Waals surface area contributed by atoms with E-state index in [-0.39, 0.29) is 24.9 Å². The van der Waals surface area contributed by atoms with Crippen LogP contribution in [0.1, 0.15) is 31.4 Å². The zero-order valence-corrected chi connectivity index (χ0v) is 26.4. The van der Waals surface area contributed by atoms with Crippen LogP contribution < -0.4 is 9.62 Å². The van der Waals surface area contributed by atoms with Gasteiger partial charge in [-0.1, -0.05) is 88.5 Å². The second-order valence-corrected chi connectivity index (χ2v) is 13.1. The summed E-state index contributed by atoms with van der Waals surface area (Å²) >= 11 is 16.3. The maximum atomic E-state index is 14.1. The van der Waals surface area contributed by atoms with E-state index in [1.165, 1.54) is 4.90 Å². The first-order chi connectivity index (χ1) is 18.9. The van der Waals surface area contributed by atoms with Crippen molar-refractivity contribution in [1.29, 1.82) is 0 Å². The number of nitrogens with zero attached hydrogens (tertiary/aromatic N) is 2. The van der Waals surface area contributed by atoms with Crippen LogP contribution >= 0.6 is 39.1 Å². The molecule has 0 aliphatic rings. The Morgan fingerprint density at radius 3 is 2.17 bits per heavy atom. The van der Waals surface area contributed by atoms with E-state index in [4.69, 9.17) is 23.2 Å². The highest BCUT2D eigenvalue weighted by molar-refractivity contribution is 9.10. The van der Waals surface area contributed by atoms with E-state index < -0.39 is 28.5 Å². The van der Waals surface area contributed by atoms with Gasteiger partial charge in [-0.05, 0) is 49.2 Å². The third-order valence-corrected chi connectivity index (χ3v) is 8.78. The minimum absolute atomic E-state index is 0.0984. The molecule has 3 rings (SSSR count). The second-order valence-electron chi connectivity index (χ2n) is 9.49. The zero-order chi connectivity index (χ0) is 29.4. The van der Waals surface area contributed by atoms with Crippen LogP contribution in [0.3, 0.4) is 0 Å². The first-order valence-corrected chi connectivity index (χ1v) is 16.1. The Hall–Kier alpha value is -2.59. The molecule has 0 saturated heterocycles. The molecule has 0 fully saturated rings. The van der Waals surface area contributed by atoms with Gasteiger partial charge in [-0.2, -0.15) is 0 Å². The Balaban J connectivity index is 2.11. The van der Waals surface area contributed by atoms with Crippen LogP contribution in [0.15, 0.2) is 77.3 Å². The molecule has 214 valence electrons. The third kappa shape index (κ3) is 8.70. The van der Waals surface area contributed by atoms with E-state index in [9.17, 15) is 18.0 Å². The molecule has 0 aliphatic heterocycles. The van der Waals surface area contributed by atoms with Crippen molar-refractivity contribution in [2.45, 2.75) is 45.3 Å². The van der Waals surface area contributed by atoms with Gasteiger partial charge in [0, 0.05) is 39.1 Å². The number of hydrogen-bond donors (Lipinski definition) is 1. The molecule has 2 amide bonds. The summed E-state index contributed by atoms with van der Waals surface area (Å²) in [4.78, 5) is 29.2. The first kappa shape index (κ1) is 31.9. The molecule has 0 unspecified atom stereocenters. The summed E-state index contributed by atoms with van der Waals surface area (Å²) in [6.45, 7) is 3.21. The Morgan fingerprint density at radius 2 is 1.60 bits per heavy atom. The highest BCUT2D eigenvalue weighted by atomic mass is 79.9. The van der Waals surface area contributed by atoms with Crippen molar-refractivity contribution in [3.63, 3.8) is 0 Å². The van der Waals surface area contributed by atoms with Gasteiger partial charge < -0.3 is 10.2 Å². The number of carbonyl (C=O) groups is 2. The summed E-state index contributed by atoms with van der Waals surface area (Å²) < 4.78 is 27.4. The van der Waals surface area contributed by atoms with Gasteiger partial charge in [-0.25, -0.2) is 8.42 Å². The van der Waals surface area contributed by atoms with Crippen LogP contribution in [-0.2, 0) is 32.6 Å². The monoisotopic (exact) mass is 667 g/mol. The van der Waals surface area contributed by atoms with Crippen LogP contribution in [-0.4, -0.2) is 50.0 Å². The van der Waals surface area contributed by atoms with Crippen molar-refractivity contribution >= 4 is 66.7 Å². The normalized spacial score (nSPS) is 12.8. The lowest BCUT2D eigenvalue weighted by Gasteiger charge is -2.34. The maximum Gasteiger partial charge on any atom is 0.244 e. The van der Waals surface area contributed by atoms with Gasteiger partial charge in [0.15, 0.2) is 0 Å². The summed E-state index contributed by atoms with van der Waals surface area (Å²) in [5.74, 6) is -0.940. The molecule has 3 aromatic carbocycles. The van der Waals surface area contributed by atoms with E-state index >= 15 is 0 Å². The van der Waals surface area contributed by atoms with E-state index in [1.807, 2.05) is 44.2 Å². The van der Waals surface area contributed by atoms with E-state index in [0.717, 1.165) is 16.1 Å². The topological polar surface area (TPSA) is 86.8 Å². The lowest BCUT2D eigenvalue weighted by molar-refractivity contribution is -0.140. The van der Waals surface area contributed by atoms with Crippen molar-refractivity contribution < 1.29 is 18.0 Å². The molecule has 1 N–H and O–H groups in total. The van der Waals surface area contributed by atoms with E-state index in [0.29, 0.717) is 32.2 Å². The molecule has 0 saturated carbocycles. The molecule has 0 spiro atoms.